The average molecular weight is 581 g/mol. The molecule has 2 N–H and O–H groups in total. The van der Waals surface area contributed by atoms with E-state index in [1.165, 1.54) is 30.3 Å². The fraction of sp³-hybridized carbons (Fsp3) is 0.208. The highest BCUT2D eigenvalue weighted by atomic mass is 35.5. The number of nitrogens with one attached hydrogen (secondary N) is 1. The molecule has 0 aliphatic heterocycles. The van der Waals surface area contributed by atoms with E-state index in [0.29, 0.717) is 7.05 Å². The maximum Gasteiger partial charge on any atom is 0.431 e. The first-order valence-corrected chi connectivity index (χ1v) is 11.2. The second kappa shape index (κ2) is 10.7. The Labute approximate surface area is 220 Å². The molecular weight excluding hydrogens is 565 g/mol. The van der Waals surface area contributed by atoms with Gasteiger partial charge in [0.15, 0.2) is 0 Å². The first-order valence-electron chi connectivity index (χ1n) is 10.5. The molecule has 1 heterocycles. The van der Waals surface area contributed by atoms with Crippen LogP contribution < -0.4 is 10.9 Å². The molecule has 6 nitrogen and oxygen atoms in total. The van der Waals surface area contributed by atoms with Gasteiger partial charge in [0.05, 0.1) is 26.7 Å². The number of nitrogens with zero attached hydrogens (tertiary/aromatic N) is 1. The van der Waals surface area contributed by atoms with E-state index in [1.807, 2.05) is 0 Å². The number of hydrogen-bond acceptors (Lipinski definition) is 3. The molecule has 0 spiro atoms. The van der Waals surface area contributed by atoms with Crippen LogP contribution in [0.2, 0.25) is 10.0 Å². The second-order valence-electron chi connectivity index (χ2n) is 8.04. The maximum atomic E-state index is 13.6. The van der Waals surface area contributed by atoms with Crippen molar-refractivity contribution < 1.29 is 41.0 Å². The highest BCUT2D eigenvalue weighted by Crippen LogP contribution is 2.39. The SMILES string of the molecule is Cn1c(C(F)(F)F)cc(C(F)(F)F)c(-c2ccc(CC(NC(=O)c3c(Cl)cccc3Cl)C(=O)O)cc2)c1=O. The zero-order chi connectivity index (χ0) is 28.6. The number of carboxylic acids is 1. The first kappa shape index (κ1) is 29.1. The number of pyridine rings is 1. The van der Waals surface area contributed by atoms with Crippen LogP contribution >= 0.6 is 23.2 Å². The third-order valence-corrected chi connectivity index (χ3v) is 6.13. The zero-order valence-corrected chi connectivity index (χ0v) is 20.6. The van der Waals surface area contributed by atoms with Crippen LogP contribution in [0.3, 0.4) is 0 Å². The number of aromatic nitrogens is 1. The van der Waals surface area contributed by atoms with E-state index < -0.39 is 52.7 Å². The summed E-state index contributed by atoms with van der Waals surface area (Å²) in [5, 5.41) is 11.8. The zero-order valence-electron chi connectivity index (χ0n) is 19.0. The summed E-state index contributed by atoms with van der Waals surface area (Å²) < 4.78 is 80.6. The molecule has 3 rings (SSSR count). The van der Waals surface area contributed by atoms with E-state index in [0.717, 1.165) is 12.1 Å². The first-order chi connectivity index (χ1) is 17.5. The third-order valence-electron chi connectivity index (χ3n) is 5.50. The van der Waals surface area contributed by atoms with Crippen LogP contribution in [0.1, 0.15) is 27.2 Å². The highest BCUT2D eigenvalue weighted by molar-refractivity contribution is 6.39. The Hall–Kier alpha value is -3.51. The summed E-state index contributed by atoms with van der Waals surface area (Å²) in [5.74, 6) is -2.32. The normalized spacial score (nSPS) is 12.8. The fourth-order valence-corrected chi connectivity index (χ4v) is 4.23. The molecular formula is C24H16Cl2F6N2O4. The number of carbonyl (C=O) groups is 2. The molecule has 0 bridgehead atoms. The monoisotopic (exact) mass is 580 g/mol. The van der Waals surface area contributed by atoms with E-state index in [2.05, 4.69) is 5.32 Å². The quantitative estimate of drug-likeness (QED) is 0.359. The molecule has 0 aliphatic rings. The minimum absolute atomic E-state index is 0.0258. The molecule has 0 fully saturated rings. The molecule has 0 saturated carbocycles. The smallest absolute Gasteiger partial charge is 0.431 e. The number of carboxylic acid groups (broad SMARTS) is 1. The van der Waals surface area contributed by atoms with Gasteiger partial charge in [0.2, 0.25) is 0 Å². The molecule has 0 radical (unpaired) electrons. The lowest BCUT2D eigenvalue weighted by molar-refractivity contribution is -0.147. The Morgan fingerprint density at radius 3 is 2.00 bits per heavy atom. The van der Waals surface area contributed by atoms with Crippen molar-refractivity contribution in [3.63, 3.8) is 0 Å². The van der Waals surface area contributed by atoms with Crippen LogP contribution in [0.15, 0.2) is 53.3 Å². The van der Waals surface area contributed by atoms with Crippen molar-refractivity contribution in [2.45, 2.75) is 24.8 Å². The van der Waals surface area contributed by atoms with Gasteiger partial charge in [-0.05, 0) is 29.3 Å². The highest BCUT2D eigenvalue weighted by Gasteiger charge is 2.41. The molecule has 0 saturated heterocycles. The molecule has 1 unspecified atom stereocenters. The van der Waals surface area contributed by atoms with Crippen molar-refractivity contribution in [1.82, 2.24) is 9.88 Å². The van der Waals surface area contributed by atoms with Crippen molar-refractivity contribution in [3.8, 4) is 11.1 Å². The third kappa shape index (κ3) is 6.13. The molecule has 2 aromatic carbocycles. The van der Waals surface area contributed by atoms with Crippen molar-refractivity contribution in [3.05, 3.63) is 91.3 Å². The van der Waals surface area contributed by atoms with Gasteiger partial charge in [-0.3, -0.25) is 9.59 Å². The van der Waals surface area contributed by atoms with Gasteiger partial charge < -0.3 is 15.0 Å². The second-order valence-corrected chi connectivity index (χ2v) is 8.85. The number of alkyl halides is 6. The molecule has 38 heavy (non-hydrogen) atoms. The van der Waals surface area contributed by atoms with Crippen LogP contribution in [0.5, 0.6) is 0 Å². The summed E-state index contributed by atoms with van der Waals surface area (Å²) >= 11 is 11.9. The van der Waals surface area contributed by atoms with Gasteiger partial charge in [-0.15, -0.1) is 0 Å². The summed E-state index contributed by atoms with van der Waals surface area (Å²) in [4.78, 5) is 36.9. The van der Waals surface area contributed by atoms with Gasteiger partial charge in [0.1, 0.15) is 11.7 Å². The van der Waals surface area contributed by atoms with E-state index in [4.69, 9.17) is 23.2 Å². The fourth-order valence-electron chi connectivity index (χ4n) is 3.66. The van der Waals surface area contributed by atoms with Gasteiger partial charge in [0.25, 0.3) is 11.5 Å². The van der Waals surface area contributed by atoms with Gasteiger partial charge in [-0.25, -0.2) is 4.79 Å². The van der Waals surface area contributed by atoms with Crippen molar-refractivity contribution in [2.75, 3.05) is 0 Å². The van der Waals surface area contributed by atoms with Crippen molar-refractivity contribution in [2.24, 2.45) is 7.05 Å². The summed E-state index contributed by atoms with van der Waals surface area (Å²) in [6.45, 7) is 0. The molecule has 1 aromatic heterocycles. The van der Waals surface area contributed by atoms with Crippen molar-refractivity contribution in [1.29, 1.82) is 0 Å². The number of carbonyl (C=O) groups excluding carboxylic acids is 1. The maximum absolute atomic E-state index is 13.6. The lowest BCUT2D eigenvalue weighted by Gasteiger charge is -2.19. The number of hydrogen-bond donors (Lipinski definition) is 2. The number of halogens is 8. The standard InChI is InChI=1S/C24H16Cl2F6N2O4/c1-34-17(24(30,31)32)10-13(23(27,28)29)18(21(34)36)12-7-5-11(6-8-12)9-16(22(37)38)33-20(35)19-14(25)3-2-4-15(19)26/h2-8,10,16H,9H2,1H3,(H,33,35)(H,37,38). The Morgan fingerprint density at radius 1 is 0.974 bits per heavy atom. The summed E-state index contributed by atoms with van der Waals surface area (Å²) in [6.07, 6.45) is -10.8. The number of amides is 1. The molecule has 1 atom stereocenters. The lowest BCUT2D eigenvalue weighted by atomic mass is 9.97. The predicted octanol–water partition coefficient (Wildman–Crippen LogP) is 5.82. The van der Waals surface area contributed by atoms with Gasteiger partial charge >= 0.3 is 18.3 Å². The average Bonchev–Trinajstić information content (AvgIpc) is 2.79. The summed E-state index contributed by atoms with van der Waals surface area (Å²) in [6, 6.07) is 7.04. The van der Waals surface area contributed by atoms with Crippen LogP contribution in [0.4, 0.5) is 26.3 Å². The summed E-state index contributed by atoms with van der Waals surface area (Å²) in [5.41, 5.74) is -6.33. The molecule has 3 aromatic rings. The lowest BCUT2D eigenvalue weighted by Crippen LogP contribution is -2.42. The van der Waals surface area contributed by atoms with Crippen LogP contribution in [-0.2, 0) is 30.6 Å². The Kier molecular flexibility index (Phi) is 8.18. The van der Waals surface area contributed by atoms with Crippen LogP contribution in [0, 0.1) is 0 Å². The van der Waals surface area contributed by atoms with E-state index in [-0.39, 0.29) is 43.8 Å². The molecule has 0 aliphatic carbocycles. The van der Waals surface area contributed by atoms with E-state index in [1.54, 1.807) is 0 Å². The summed E-state index contributed by atoms with van der Waals surface area (Å²) in [7, 11) is 0.703. The largest absolute Gasteiger partial charge is 0.480 e. The minimum atomic E-state index is -5.28. The number of aliphatic carboxylic acids is 1. The number of rotatable bonds is 6. The minimum Gasteiger partial charge on any atom is -0.480 e. The van der Waals surface area contributed by atoms with Gasteiger partial charge in [-0.1, -0.05) is 53.5 Å². The van der Waals surface area contributed by atoms with E-state index >= 15 is 0 Å². The van der Waals surface area contributed by atoms with Gasteiger partial charge in [-0.2, -0.15) is 26.3 Å². The Balaban J connectivity index is 1.96. The predicted molar refractivity (Wildman–Crippen MR) is 126 cm³/mol. The van der Waals surface area contributed by atoms with Crippen LogP contribution in [-0.4, -0.2) is 27.6 Å². The molecule has 1 amide bonds. The topological polar surface area (TPSA) is 88.4 Å². The molecule has 14 heteroatoms. The Bertz CT molecular complexity index is 1430. The van der Waals surface area contributed by atoms with Gasteiger partial charge in [0, 0.05) is 13.5 Å². The Morgan fingerprint density at radius 2 is 1.53 bits per heavy atom. The van der Waals surface area contributed by atoms with E-state index in [9.17, 15) is 45.8 Å². The molecule has 202 valence electrons. The van der Waals surface area contributed by atoms with Crippen molar-refractivity contribution >= 4 is 35.1 Å². The van der Waals surface area contributed by atoms with Crippen LogP contribution in [0.25, 0.3) is 11.1 Å². The number of benzene rings is 2.